The van der Waals surface area contributed by atoms with Crippen LogP contribution in [0.25, 0.3) is 0 Å². The maximum absolute atomic E-state index is 12.7. The summed E-state index contributed by atoms with van der Waals surface area (Å²) in [7, 11) is -3.80. The summed E-state index contributed by atoms with van der Waals surface area (Å²) < 4.78 is 29.6. The number of benzene rings is 2. The largest absolute Gasteiger partial charge is 0.295 e. The summed E-state index contributed by atoms with van der Waals surface area (Å²) in [5.41, 5.74) is 2.23. The third kappa shape index (κ3) is 4.00. The molecule has 0 unspecified atom stereocenters. The summed E-state index contributed by atoms with van der Waals surface area (Å²) in [5.74, 6) is -0.127. The molecule has 0 spiro atoms. The van der Waals surface area contributed by atoms with Crippen molar-refractivity contribution in [3.8, 4) is 0 Å². The van der Waals surface area contributed by atoms with Gasteiger partial charge in [-0.3, -0.25) is 14.2 Å². The molecule has 0 saturated heterocycles. The normalized spacial score (nSPS) is 11.3. The predicted molar refractivity (Wildman–Crippen MR) is 99.8 cm³/mol. The van der Waals surface area contributed by atoms with Crippen LogP contribution in [0.2, 0.25) is 0 Å². The van der Waals surface area contributed by atoms with Gasteiger partial charge in [0.25, 0.3) is 10.0 Å². The molecule has 0 bridgehead atoms. The Kier molecular flexibility index (Phi) is 4.90. The summed E-state index contributed by atoms with van der Waals surface area (Å²) in [4.78, 5) is 11.6. The standard InChI is InChI=1S/C19H19N3O3S/c1-14-19(13-22(20-14)12-16-7-4-3-5-8-16)26(24,25)21-18-10-6-9-17(11-18)15(2)23/h3-11,13,21H,12H2,1-2H3. The molecule has 7 heteroatoms. The van der Waals surface area contributed by atoms with Crippen molar-refractivity contribution in [3.05, 3.63) is 77.6 Å². The zero-order valence-electron chi connectivity index (χ0n) is 14.5. The second kappa shape index (κ2) is 7.13. The first-order valence-corrected chi connectivity index (χ1v) is 9.55. The first-order valence-electron chi connectivity index (χ1n) is 8.07. The minimum absolute atomic E-state index is 0.113. The zero-order valence-corrected chi connectivity index (χ0v) is 15.3. The van der Waals surface area contributed by atoms with Crippen LogP contribution in [0.1, 0.15) is 28.5 Å². The number of Topliss-reactive ketones (excluding diaryl/α,β-unsaturated/α-hetero) is 1. The van der Waals surface area contributed by atoms with Crippen LogP contribution in [0.3, 0.4) is 0 Å². The van der Waals surface area contributed by atoms with Gasteiger partial charge in [-0.2, -0.15) is 5.10 Å². The Labute approximate surface area is 152 Å². The first kappa shape index (κ1) is 17.9. The molecule has 0 atom stereocenters. The number of hydrogen-bond donors (Lipinski definition) is 1. The van der Waals surface area contributed by atoms with Gasteiger partial charge in [0.05, 0.1) is 12.2 Å². The van der Waals surface area contributed by atoms with Crippen LogP contribution in [0, 0.1) is 6.92 Å². The van der Waals surface area contributed by atoms with E-state index in [2.05, 4.69) is 9.82 Å². The Morgan fingerprint density at radius 3 is 2.54 bits per heavy atom. The molecule has 3 aromatic rings. The van der Waals surface area contributed by atoms with Gasteiger partial charge in [-0.05, 0) is 31.5 Å². The average Bonchev–Trinajstić information content (AvgIpc) is 2.97. The quantitative estimate of drug-likeness (QED) is 0.676. The lowest BCUT2D eigenvalue weighted by Crippen LogP contribution is -2.13. The van der Waals surface area contributed by atoms with Crippen molar-refractivity contribution in [2.45, 2.75) is 25.3 Å². The summed E-state index contributed by atoms with van der Waals surface area (Å²) in [6.07, 6.45) is 1.51. The van der Waals surface area contributed by atoms with Gasteiger partial charge in [0, 0.05) is 17.4 Å². The number of carbonyl (C=O) groups is 1. The number of nitrogens with zero attached hydrogens (tertiary/aromatic N) is 2. The molecular formula is C19H19N3O3S. The van der Waals surface area contributed by atoms with Gasteiger partial charge in [0.15, 0.2) is 5.78 Å². The van der Waals surface area contributed by atoms with E-state index in [9.17, 15) is 13.2 Å². The number of hydrogen-bond acceptors (Lipinski definition) is 4. The molecule has 3 rings (SSSR count). The van der Waals surface area contributed by atoms with Crippen molar-refractivity contribution in [1.82, 2.24) is 9.78 Å². The average molecular weight is 369 g/mol. The molecule has 0 amide bonds. The molecule has 0 aliphatic carbocycles. The van der Waals surface area contributed by atoms with Gasteiger partial charge in [0.1, 0.15) is 4.90 Å². The monoisotopic (exact) mass is 369 g/mol. The summed E-state index contributed by atoms with van der Waals surface area (Å²) in [6, 6.07) is 16.1. The van der Waals surface area contributed by atoms with Gasteiger partial charge < -0.3 is 0 Å². The highest BCUT2D eigenvalue weighted by molar-refractivity contribution is 7.92. The Morgan fingerprint density at radius 1 is 1.12 bits per heavy atom. The second-order valence-corrected chi connectivity index (χ2v) is 7.66. The highest BCUT2D eigenvalue weighted by Crippen LogP contribution is 2.20. The summed E-state index contributed by atoms with van der Waals surface area (Å²) >= 11 is 0. The first-order chi connectivity index (χ1) is 12.3. The fourth-order valence-electron chi connectivity index (χ4n) is 2.63. The van der Waals surface area contributed by atoms with Crippen molar-refractivity contribution in [1.29, 1.82) is 0 Å². The molecule has 0 fully saturated rings. The van der Waals surface area contributed by atoms with E-state index in [1.165, 1.54) is 19.2 Å². The van der Waals surface area contributed by atoms with Crippen molar-refractivity contribution in [3.63, 3.8) is 0 Å². The van der Waals surface area contributed by atoms with Gasteiger partial charge in [-0.1, -0.05) is 42.5 Å². The van der Waals surface area contributed by atoms with Gasteiger partial charge in [-0.25, -0.2) is 8.42 Å². The van der Waals surface area contributed by atoms with E-state index in [-0.39, 0.29) is 10.7 Å². The topological polar surface area (TPSA) is 81.1 Å². The van der Waals surface area contributed by atoms with E-state index in [4.69, 9.17) is 0 Å². The highest BCUT2D eigenvalue weighted by Gasteiger charge is 2.21. The minimum Gasteiger partial charge on any atom is -0.295 e. The van der Waals surface area contributed by atoms with Crippen molar-refractivity contribution in [2.75, 3.05) is 4.72 Å². The fraction of sp³-hybridized carbons (Fsp3) is 0.158. The van der Waals surface area contributed by atoms with Crippen molar-refractivity contribution >= 4 is 21.5 Å². The van der Waals surface area contributed by atoms with E-state index < -0.39 is 10.0 Å². The molecule has 1 N–H and O–H groups in total. The van der Waals surface area contributed by atoms with Crippen LogP contribution in [-0.2, 0) is 16.6 Å². The van der Waals surface area contributed by atoms with Crippen LogP contribution < -0.4 is 4.72 Å². The maximum Gasteiger partial charge on any atom is 0.265 e. The number of ketones is 1. The van der Waals surface area contributed by atoms with E-state index in [0.29, 0.717) is 23.5 Å². The SMILES string of the molecule is CC(=O)c1cccc(NS(=O)(=O)c2cn(Cc3ccccc3)nc2C)c1. The Morgan fingerprint density at radius 2 is 1.85 bits per heavy atom. The van der Waals surface area contributed by atoms with Crippen LogP contribution in [-0.4, -0.2) is 24.0 Å². The third-order valence-electron chi connectivity index (χ3n) is 3.90. The Hall–Kier alpha value is -2.93. The molecule has 0 radical (unpaired) electrons. The third-order valence-corrected chi connectivity index (χ3v) is 5.38. The number of sulfonamides is 1. The van der Waals surface area contributed by atoms with E-state index in [1.54, 1.807) is 29.8 Å². The van der Waals surface area contributed by atoms with Gasteiger partial charge >= 0.3 is 0 Å². The van der Waals surface area contributed by atoms with E-state index in [0.717, 1.165) is 5.56 Å². The van der Waals surface area contributed by atoms with Crippen LogP contribution >= 0.6 is 0 Å². The lowest BCUT2D eigenvalue weighted by atomic mass is 10.1. The number of nitrogens with one attached hydrogen (secondary N) is 1. The molecule has 6 nitrogen and oxygen atoms in total. The zero-order chi connectivity index (χ0) is 18.7. The fourth-order valence-corrected chi connectivity index (χ4v) is 3.86. The van der Waals surface area contributed by atoms with Crippen molar-refractivity contribution < 1.29 is 13.2 Å². The molecule has 1 heterocycles. The molecule has 1 aromatic heterocycles. The molecule has 0 saturated carbocycles. The Bertz CT molecular complexity index is 1040. The second-order valence-electron chi connectivity index (χ2n) is 6.00. The molecular weight excluding hydrogens is 350 g/mol. The molecule has 2 aromatic carbocycles. The number of anilines is 1. The summed E-state index contributed by atoms with van der Waals surface area (Å²) in [6.45, 7) is 3.57. The number of carbonyl (C=O) groups excluding carboxylic acids is 1. The number of rotatable bonds is 6. The van der Waals surface area contributed by atoms with Crippen molar-refractivity contribution in [2.24, 2.45) is 0 Å². The minimum atomic E-state index is -3.80. The van der Waals surface area contributed by atoms with Crippen LogP contribution in [0.15, 0.2) is 65.7 Å². The van der Waals surface area contributed by atoms with Crippen LogP contribution in [0.5, 0.6) is 0 Å². The predicted octanol–water partition coefficient (Wildman–Crippen LogP) is 3.24. The van der Waals surface area contributed by atoms with E-state index >= 15 is 0 Å². The molecule has 0 aliphatic rings. The lowest BCUT2D eigenvalue weighted by molar-refractivity contribution is 0.101. The molecule has 0 aliphatic heterocycles. The number of aryl methyl sites for hydroxylation is 1. The smallest absolute Gasteiger partial charge is 0.265 e. The van der Waals surface area contributed by atoms with E-state index in [1.807, 2.05) is 30.3 Å². The van der Waals surface area contributed by atoms with Gasteiger partial charge in [-0.15, -0.1) is 0 Å². The molecule has 26 heavy (non-hydrogen) atoms. The summed E-state index contributed by atoms with van der Waals surface area (Å²) in [5, 5.41) is 4.30. The number of aromatic nitrogens is 2. The maximum atomic E-state index is 12.7. The van der Waals surface area contributed by atoms with Crippen LogP contribution in [0.4, 0.5) is 5.69 Å². The molecule has 134 valence electrons. The Balaban J connectivity index is 1.85. The lowest BCUT2D eigenvalue weighted by Gasteiger charge is -2.08. The van der Waals surface area contributed by atoms with Gasteiger partial charge in [0.2, 0.25) is 0 Å². The highest BCUT2D eigenvalue weighted by atomic mass is 32.2.